The number of rotatable bonds is 8. The standard InChI is InChI=1S/C16H19FN4O3S/c1-11(2)21-10-18-19-16(21)25-9-14(22)20(8-15(23)24)7-12-3-5-13(17)6-4-12/h3-6,10-11H,7-9H2,1-2H3,(H,23,24). The molecule has 1 heterocycles. The van der Waals surface area contributed by atoms with Gasteiger partial charge in [0, 0.05) is 12.6 Å². The van der Waals surface area contributed by atoms with Crippen molar-refractivity contribution in [3.63, 3.8) is 0 Å². The molecule has 2 rings (SSSR count). The van der Waals surface area contributed by atoms with Crippen molar-refractivity contribution >= 4 is 23.6 Å². The summed E-state index contributed by atoms with van der Waals surface area (Å²) in [5.41, 5.74) is 0.659. The Morgan fingerprint density at radius 3 is 2.60 bits per heavy atom. The van der Waals surface area contributed by atoms with Gasteiger partial charge in [0.25, 0.3) is 0 Å². The van der Waals surface area contributed by atoms with Crippen molar-refractivity contribution in [2.45, 2.75) is 31.6 Å². The van der Waals surface area contributed by atoms with Crippen molar-refractivity contribution in [3.8, 4) is 0 Å². The van der Waals surface area contributed by atoms with E-state index in [1.54, 1.807) is 6.33 Å². The molecule has 0 radical (unpaired) electrons. The average molecular weight is 366 g/mol. The van der Waals surface area contributed by atoms with Gasteiger partial charge in [-0.25, -0.2) is 4.39 Å². The number of carboxylic acid groups (broad SMARTS) is 1. The normalized spacial score (nSPS) is 10.9. The number of carboxylic acids is 1. The van der Waals surface area contributed by atoms with E-state index >= 15 is 0 Å². The molecule has 1 N–H and O–H groups in total. The maximum Gasteiger partial charge on any atom is 0.323 e. The predicted octanol–water partition coefficient (Wildman–Crippen LogP) is 2.20. The minimum absolute atomic E-state index is 0.0416. The second-order valence-corrected chi connectivity index (χ2v) is 6.62. The van der Waals surface area contributed by atoms with Crippen LogP contribution in [0, 0.1) is 5.82 Å². The molecule has 0 saturated carbocycles. The molecule has 1 aromatic carbocycles. The number of amides is 1. The Balaban J connectivity index is 2.03. The maximum absolute atomic E-state index is 13.0. The Morgan fingerprint density at radius 2 is 2.00 bits per heavy atom. The highest BCUT2D eigenvalue weighted by Gasteiger charge is 2.19. The van der Waals surface area contributed by atoms with Gasteiger partial charge in [0.1, 0.15) is 18.7 Å². The minimum Gasteiger partial charge on any atom is -0.480 e. The fourth-order valence-electron chi connectivity index (χ4n) is 2.11. The highest BCUT2D eigenvalue weighted by molar-refractivity contribution is 7.99. The van der Waals surface area contributed by atoms with Crippen LogP contribution < -0.4 is 0 Å². The van der Waals surface area contributed by atoms with Crippen LogP contribution in [0.1, 0.15) is 25.5 Å². The molecular formula is C16H19FN4O3S. The molecular weight excluding hydrogens is 347 g/mol. The highest BCUT2D eigenvalue weighted by atomic mass is 32.2. The molecule has 0 aliphatic heterocycles. The molecule has 25 heavy (non-hydrogen) atoms. The maximum atomic E-state index is 13.0. The second-order valence-electron chi connectivity index (χ2n) is 5.67. The summed E-state index contributed by atoms with van der Waals surface area (Å²) in [6.07, 6.45) is 1.59. The number of carbonyl (C=O) groups excluding carboxylic acids is 1. The van der Waals surface area contributed by atoms with Gasteiger partial charge in [-0.15, -0.1) is 10.2 Å². The summed E-state index contributed by atoms with van der Waals surface area (Å²) < 4.78 is 14.8. The number of hydrogen-bond donors (Lipinski definition) is 1. The number of halogens is 1. The van der Waals surface area contributed by atoms with Crippen molar-refractivity contribution < 1.29 is 19.1 Å². The first kappa shape index (κ1) is 18.9. The van der Waals surface area contributed by atoms with Gasteiger partial charge < -0.3 is 14.6 Å². The van der Waals surface area contributed by atoms with Gasteiger partial charge in [0.15, 0.2) is 5.16 Å². The van der Waals surface area contributed by atoms with Crippen LogP contribution >= 0.6 is 11.8 Å². The van der Waals surface area contributed by atoms with Gasteiger partial charge in [-0.3, -0.25) is 9.59 Å². The average Bonchev–Trinajstić information content (AvgIpc) is 3.02. The Morgan fingerprint density at radius 1 is 1.32 bits per heavy atom. The first-order valence-corrected chi connectivity index (χ1v) is 8.61. The molecule has 9 heteroatoms. The lowest BCUT2D eigenvalue weighted by Gasteiger charge is -2.21. The number of hydrogen-bond acceptors (Lipinski definition) is 5. The summed E-state index contributed by atoms with van der Waals surface area (Å²) >= 11 is 1.20. The van der Waals surface area contributed by atoms with Crippen LogP contribution in [0.25, 0.3) is 0 Å². The molecule has 0 atom stereocenters. The number of nitrogens with zero attached hydrogens (tertiary/aromatic N) is 4. The monoisotopic (exact) mass is 366 g/mol. The van der Waals surface area contributed by atoms with E-state index in [-0.39, 0.29) is 30.1 Å². The Bertz CT molecular complexity index is 733. The summed E-state index contributed by atoms with van der Waals surface area (Å²) in [6.45, 7) is 3.62. The minimum atomic E-state index is -1.11. The number of benzene rings is 1. The molecule has 0 aliphatic carbocycles. The summed E-state index contributed by atoms with van der Waals surface area (Å²) in [4.78, 5) is 24.7. The molecule has 0 unspecified atom stereocenters. The Labute approximate surface area is 148 Å². The molecule has 1 aromatic heterocycles. The van der Waals surface area contributed by atoms with Crippen molar-refractivity contribution in [2.24, 2.45) is 0 Å². The molecule has 0 fully saturated rings. The van der Waals surface area contributed by atoms with E-state index in [0.29, 0.717) is 10.7 Å². The lowest BCUT2D eigenvalue weighted by Crippen LogP contribution is -2.36. The van der Waals surface area contributed by atoms with Crippen LogP contribution in [-0.2, 0) is 16.1 Å². The van der Waals surface area contributed by atoms with E-state index in [1.807, 2.05) is 18.4 Å². The van der Waals surface area contributed by atoms with Crippen LogP contribution in [0.3, 0.4) is 0 Å². The van der Waals surface area contributed by atoms with Crippen molar-refractivity contribution in [3.05, 3.63) is 42.0 Å². The van der Waals surface area contributed by atoms with Gasteiger partial charge >= 0.3 is 5.97 Å². The number of aromatic nitrogens is 3. The summed E-state index contributed by atoms with van der Waals surface area (Å²) in [5.74, 6) is -1.79. The highest BCUT2D eigenvalue weighted by Crippen LogP contribution is 2.19. The van der Waals surface area contributed by atoms with Gasteiger partial charge in [0.2, 0.25) is 5.91 Å². The zero-order chi connectivity index (χ0) is 18.4. The van der Waals surface area contributed by atoms with E-state index < -0.39 is 12.5 Å². The molecule has 0 aliphatic rings. The van der Waals surface area contributed by atoms with Crippen LogP contribution in [0.15, 0.2) is 35.7 Å². The predicted molar refractivity (Wildman–Crippen MR) is 90.6 cm³/mol. The van der Waals surface area contributed by atoms with E-state index in [2.05, 4.69) is 10.2 Å². The van der Waals surface area contributed by atoms with Crippen LogP contribution in [-0.4, -0.2) is 48.9 Å². The number of carbonyl (C=O) groups is 2. The Hall–Kier alpha value is -2.42. The molecule has 7 nitrogen and oxygen atoms in total. The molecule has 1 amide bonds. The summed E-state index contributed by atoms with van der Waals surface area (Å²) in [5, 5.41) is 17.4. The molecule has 134 valence electrons. The largest absolute Gasteiger partial charge is 0.480 e. The topological polar surface area (TPSA) is 88.3 Å². The van der Waals surface area contributed by atoms with E-state index in [4.69, 9.17) is 5.11 Å². The summed E-state index contributed by atoms with van der Waals surface area (Å²) in [6, 6.07) is 5.76. The van der Waals surface area contributed by atoms with E-state index in [9.17, 15) is 14.0 Å². The zero-order valence-corrected chi connectivity index (χ0v) is 14.7. The summed E-state index contributed by atoms with van der Waals surface area (Å²) in [7, 11) is 0. The smallest absolute Gasteiger partial charge is 0.323 e. The van der Waals surface area contributed by atoms with Crippen LogP contribution in [0.4, 0.5) is 4.39 Å². The molecule has 2 aromatic rings. The van der Waals surface area contributed by atoms with Crippen LogP contribution in [0.5, 0.6) is 0 Å². The Kier molecular flexibility index (Phi) is 6.51. The second kappa shape index (κ2) is 8.61. The van der Waals surface area contributed by atoms with Crippen molar-refractivity contribution in [1.82, 2.24) is 19.7 Å². The van der Waals surface area contributed by atoms with E-state index in [1.165, 1.54) is 40.9 Å². The quantitative estimate of drug-likeness (QED) is 0.721. The van der Waals surface area contributed by atoms with Gasteiger partial charge in [0.05, 0.1) is 5.75 Å². The van der Waals surface area contributed by atoms with E-state index in [0.717, 1.165) is 0 Å². The third-order valence-electron chi connectivity index (χ3n) is 3.39. The molecule has 0 spiro atoms. The number of aliphatic carboxylic acids is 1. The first-order valence-electron chi connectivity index (χ1n) is 7.63. The van der Waals surface area contributed by atoms with Gasteiger partial charge in [-0.1, -0.05) is 23.9 Å². The van der Waals surface area contributed by atoms with Gasteiger partial charge in [-0.2, -0.15) is 0 Å². The molecule has 0 saturated heterocycles. The fraction of sp³-hybridized carbons (Fsp3) is 0.375. The van der Waals surface area contributed by atoms with Crippen molar-refractivity contribution in [2.75, 3.05) is 12.3 Å². The van der Waals surface area contributed by atoms with Crippen molar-refractivity contribution in [1.29, 1.82) is 0 Å². The SMILES string of the molecule is CC(C)n1cnnc1SCC(=O)N(CC(=O)O)Cc1ccc(F)cc1. The lowest BCUT2D eigenvalue weighted by atomic mass is 10.2. The van der Waals surface area contributed by atoms with Crippen LogP contribution in [0.2, 0.25) is 0 Å². The first-order chi connectivity index (χ1) is 11.9. The zero-order valence-electron chi connectivity index (χ0n) is 13.9. The molecule has 0 bridgehead atoms. The lowest BCUT2D eigenvalue weighted by molar-refractivity contribution is -0.143. The third kappa shape index (κ3) is 5.56. The number of thioether (sulfide) groups is 1. The van der Waals surface area contributed by atoms with Gasteiger partial charge in [-0.05, 0) is 31.5 Å². The third-order valence-corrected chi connectivity index (χ3v) is 4.33. The fourth-order valence-corrected chi connectivity index (χ4v) is 3.06.